The van der Waals surface area contributed by atoms with E-state index in [9.17, 15) is 8.78 Å². The van der Waals surface area contributed by atoms with Crippen LogP contribution in [0.5, 0.6) is 0 Å². The van der Waals surface area contributed by atoms with Gasteiger partial charge in [-0.25, -0.2) is 0 Å². The molecule has 0 bridgehead atoms. The summed E-state index contributed by atoms with van der Waals surface area (Å²) in [4.78, 5) is 0.724. The van der Waals surface area contributed by atoms with Crippen LogP contribution in [0.3, 0.4) is 0 Å². The third kappa shape index (κ3) is 3.52. The minimum absolute atomic E-state index is 0.508. The van der Waals surface area contributed by atoms with E-state index >= 15 is 0 Å². The van der Waals surface area contributed by atoms with Gasteiger partial charge in [0.05, 0.1) is 0 Å². The van der Waals surface area contributed by atoms with E-state index in [0.29, 0.717) is 0 Å². The fraction of sp³-hybridized carbons (Fsp3) is 0.400. The molecule has 0 aromatic heterocycles. The van der Waals surface area contributed by atoms with Crippen LogP contribution in [0.4, 0.5) is 8.78 Å². The number of alkyl halides is 2. The first-order valence-corrected chi connectivity index (χ1v) is 9.88. The van der Waals surface area contributed by atoms with Gasteiger partial charge in [-0.05, 0) is 0 Å². The number of hydrogen-bond acceptors (Lipinski definition) is 0. The molecule has 0 aliphatic rings. The molecular weight excluding hydrogens is 265 g/mol. The molecule has 0 atom stereocenters. The quantitative estimate of drug-likeness (QED) is 0.743. The topological polar surface area (TPSA) is 0 Å². The second kappa shape index (κ2) is 5.05. The van der Waals surface area contributed by atoms with Crippen molar-refractivity contribution in [1.29, 1.82) is 0 Å². The number of halogens is 2. The third-order valence-corrected chi connectivity index (χ3v) is 11.0. The SMILES string of the molecule is C[Si](C)(C[Se]C(F)F)c1ccccc1. The predicted molar refractivity (Wildman–Crippen MR) is 60.1 cm³/mol. The second-order valence-corrected chi connectivity index (χ2v) is 11.7. The van der Waals surface area contributed by atoms with Crippen molar-refractivity contribution >= 4 is 28.2 Å². The third-order valence-electron chi connectivity index (χ3n) is 2.13. The van der Waals surface area contributed by atoms with Gasteiger partial charge in [-0.2, -0.15) is 0 Å². The zero-order valence-corrected chi connectivity index (χ0v) is 11.0. The average molecular weight is 279 g/mol. The zero-order chi connectivity index (χ0) is 10.6. The molecule has 1 aromatic rings. The van der Waals surface area contributed by atoms with Crippen molar-refractivity contribution < 1.29 is 8.78 Å². The molecule has 0 radical (unpaired) electrons. The van der Waals surface area contributed by atoms with E-state index in [4.69, 9.17) is 0 Å². The Morgan fingerprint density at radius 2 is 1.79 bits per heavy atom. The first-order chi connectivity index (χ1) is 6.52. The Morgan fingerprint density at radius 3 is 2.29 bits per heavy atom. The van der Waals surface area contributed by atoms with Crippen molar-refractivity contribution in [2.45, 2.75) is 23.4 Å². The fourth-order valence-electron chi connectivity index (χ4n) is 1.24. The van der Waals surface area contributed by atoms with E-state index in [-0.39, 0.29) is 0 Å². The Morgan fingerprint density at radius 1 is 1.21 bits per heavy atom. The van der Waals surface area contributed by atoms with Gasteiger partial charge in [0, 0.05) is 0 Å². The molecule has 0 spiro atoms. The van der Waals surface area contributed by atoms with Crippen LogP contribution in [0.15, 0.2) is 30.3 Å². The molecule has 4 heteroatoms. The van der Waals surface area contributed by atoms with Crippen LogP contribution >= 0.6 is 0 Å². The molecule has 0 aliphatic carbocycles. The second-order valence-electron chi connectivity index (χ2n) is 3.82. The van der Waals surface area contributed by atoms with Crippen LogP contribution in [-0.4, -0.2) is 28.4 Å². The van der Waals surface area contributed by atoms with Gasteiger partial charge in [0.1, 0.15) is 0 Å². The summed E-state index contributed by atoms with van der Waals surface area (Å²) in [5.41, 5.74) is 0. The van der Waals surface area contributed by atoms with Crippen molar-refractivity contribution in [3.8, 4) is 0 Å². The van der Waals surface area contributed by atoms with E-state index in [1.165, 1.54) is 5.19 Å². The maximum atomic E-state index is 12.1. The predicted octanol–water partition coefficient (Wildman–Crippen LogP) is 2.49. The van der Waals surface area contributed by atoms with Crippen LogP contribution < -0.4 is 5.19 Å². The first kappa shape index (κ1) is 11.9. The fourth-order valence-corrected chi connectivity index (χ4v) is 7.51. The molecule has 0 saturated carbocycles. The molecule has 0 N–H and O–H groups in total. The molecule has 78 valence electrons. The van der Waals surface area contributed by atoms with E-state index in [0.717, 1.165) is 4.94 Å². The molecule has 0 heterocycles. The summed E-state index contributed by atoms with van der Waals surface area (Å²) in [6.45, 7) is 4.32. The van der Waals surface area contributed by atoms with Crippen LogP contribution in [-0.2, 0) is 0 Å². The Hall–Kier alpha value is -0.184. The molecule has 0 nitrogen and oxygen atoms in total. The van der Waals surface area contributed by atoms with E-state index in [2.05, 4.69) is 25.2 Å². The zero-order valence-electron chi connectivity index (χ0n) is 8.34. The standard InChI is InChI=1S/C10H14F2SeSi/c1-14(2,8-13-10(11)12)9-6-4-3-5-7-9/h3-7,10H,8H2,1-2H3. The molecule has 0 amide bonds. The van der Waals surface area contributed by atoms with Crippen LogP contribution in [0.1, 0.15) is 0 Å². The summed E-state index contributed by atoms with van der Waals surface area (Å²) in [7, 11) is -1.59. The summed E-state index contributed by atoms with van der Waals surface area (Å²) in [6.07, 6.45) is 0. The normalized spacial score (nSPS) is 12.1. The summed E-state index contributed by atoms with van der Waals surface area (Å²) < 4.78 is 24.3. The van der Waals surface area contributed by atoms with Crippen LogP contribution in [0.25, 0.3) is 0 Å². The number of hydrogen-bond donors (Lipinski definition) is 0. The minimum atomic E-state index is -2.10. The van der Waals surface area contributed by atoms with Crippen LogP contribution in [0.2, 0.25) is 18.0 Å². The van der Waals surface area contributed by atoms with Gasteiger partial charge in [-0.3, -0.25) is 0 Å². The van der Waals surface area contributed by atoms with Crippen LogP contribution in [0, 0.1) is 0 Å². The van der Waals surface area contributed by atoms with E-state index in [1.807, 2.05) is 18.2 Å². The maximum absolute atomic E-state index is 12.1. The van der Waals surface area contributed by atoms with Crippen molar-refractivity contribution in [1.82, 2.24) is 0 Å². The Kier molecular flexibility index (Phi) is 4.29. The van der Waals surface area contributed by atoms with E-state index in [1.54, 1.807) is 0 Å². The van der Waals surface area contributed by atoms with Crippen molar-refractivity contribution in [3.63, 3.8) is 0 Å². The van der Waals surface area contributed by atoms with E-state index < -0.39 is 28.4 Å². The first-order valence-electron chi connectivity index (χ1n) is 4.48. The molecule has 0 aliphatic heterocycles. The van der Waals surface area contributed by atoms with Gasteiger partial charge < -0.3 is 0 Å². The van der Waals surface area contributed by atoms with Gasteiger partial charge in [0.25, 0.3) is 0 Å². The summed E-state index contributed by atoms with van der Waals surface area (Å²) in [5, 5.41) is -0.819. The Bertz CT molecular complexity index is 275. The van der Waals surface area contributed by atoms with Gasteiger partial charge in [0.2, 0.25) is 0 Å². The van der Waals surface area contributed by atoms with Gasteiger partial charge in [-0.15, -0.1) is 0 Å². The number of benzene rings is 1. The molecule has 0 fully saturated rings. The molecule has 14 heavy (non-hydrogen) atoms. The molecule has 0 unspecified atom stereocenters. The summed E-state index contributed by atoms with van der Waals surface area (Å²) in [5.74, 6) is 0. The van der Waals surface area contributed by atoms with Crippen molar-refractivity contribution in [3.05, 3.63) is 30.3 Å². The number of rotatable bonds is 4. The molecule has 0 saturated heterocycles. The molecule has 1 aromatic carbocycles. The Labute approximate surface area is 90.9 Å². The van der Waals surface area contributed by atoms with Crippen molar-refractivity contribution in [2.75, 3.05) is 0 Å². The van der Waals surface area contributed by atoms with Gasteiger partial charge in [-0.1, -0.05) is 0 Å². The Balaban J connectivity index is 2.66. The van der Waals surface area contributed by atoms with Crippen molar-refractivity contribution in [2.24, 2.45) is 0 Å². The molecule has 1 rings (SSSR count). The van der Waals surface area contributed by atoms with Gasteiger partial charge >= 0.3 is 90.7 Å². The summed E-state index contributed by atoms with van der Waals surface area (Å²) >= 11 is -0.508. The average Bonchev–Trinajstić information content (AvgIpc) is 2.16. The monoisotopic (exact) mass is 280 g/mol. The van der Waals surface area contributed by atoms with Gasteiger partial charge in [0.15, 0.2) is 0 Å². The molecular formula is C10H14F2SeSi. The summed E-state index contributed by atoms with van der Waals surface area (Å²) in [6, 6.07) is 10.1.